The van der Waals surface area contributed by atoms with E-state index in [0.717, 1.165) is 12.2 Å². The number of aryl methyl sites for hydroxylation is 1. The fraction of sp³-hybridized carbons (Fsp3) is 0.448. The number of nitrogens with one attached hydrogen (secondary N) is 1. The second-order valence-corrected chi connectivity index (χ2v) is 10.1. The molecule has 0 unspecified atom stereocenters. The van der Waals surface area contributed by atoms with Gasteiger partial charge in [0.25, 0.3) is 0 Å². The summed E-state index contributed by atoms with van der Waals surface area (Å²) in [5, 5.41) is 16.6. The second-order valence-electron chi connectivity index (χ2n) is 10.1. The van der Waals surface area contributed by atoms with Gasteiger partial charge >= 0.3 is 0 Å². The van der Waals surface area contributed by atoms with Gasteiger partial charge in [-0.05, 0) is 85.5 Å². The van der Waals surface area contributed by atoms with Crippen LogP contribution in [0.15, 0.2) is 60.7 Å². The van der Waals surface area contributed by atoms with Gasteiger partial charge in [0.15, 0.2) is 0 Å². The van der Waals surface area contributed by atoms with E-state index in [-0.39, 0.29) is 11.6 Å². The molecule has 0 aliphatic heterocycles. The molecule has 0 aromatic heterocycles. The molecule has 1 aliphatic carbocycles. The van der Waals surface area contributed by atoms with Gasteiger partial charge in [0.05, 0.1) is 25.9 Å². The Labute approximate surface area is 197 Å². The van der Waals surface area contributed by atoms with Gasteiger partial charge in [-0.15, -0.1) is 0 Å². The van der Waals surface area contributed by atoms with Gasteiger partial charge in [0, 0.05) is 12.1 Å². The Bertz CT molecular complexity index is 1070. The molecule has 0 heterocycles. The molecule has 0 radical (unpaired) electrons. The van der Waals surface area contributed by atoms with E-state index in [1.807, 2.05) is 6.07 Å². The maximum absolute atomic E-state index is 10.6. The Morgan fingerprint density at radius 3 is 2.48 bits per heavy atom. The molecule has 3 aromatic rings. The zero-order valence-electron chi connectivity index (χ0n) is 20.3. The quantitative estimate of drug-likeness (QED) is 0.402. The fourth-order valence-corrected chi connectivity index (χ4v) is 4.54. The smallest absolute Gasteiger partial charge is 0.119 e. The van der Waals surface area contributed by atoms with Crippen molar-refractivity contribution in [2.75, 3.05) is 20.3 Å². The average molecular weight is 448 g/mol. The predicted molar refractivity (Wildman–Crippen MR) is 135 cm³/mol. The largest absolute Gasteiger partial charge is 0.497 e. The van der Waals surface area contributed by atoms with E-state index in [1.165, 1.54) is 40.3 Å². The fourth-order valence-electron chi connectivity index (χ4n) is 4.54. The van der Waals surface area contributed by atoms with Crippen molar-refractivity contribution in [2.45, 2.75) is 57.8 Å². The summed E-state index contributed by atoms with van der Waals surface area (Å²) in [7, 11) is 1.69. The maximum atomic E-state index is 10.6. The summed E-state index contributed by atoms with van der Waals surface area (Å²) >= 11 is 0. The van der Waals surface area contributed by atoms with Crippen molar-refractivity contribution in [2.24, 2.45) is 5.92 Å². The maximum Gasteiger partial charge on any atom is 0.119 e. The minimum Gasteiger partial charge on any atom is -0.497 e. The molecule has 176 valence electrons. The number of methoxy groups -OCH3 is 1. The van der Waals surface area contributed by atoms with Crippen LogP contribution in [-0.4, -0.2) is 37.0 Å². The third-order valence-electron chi connectivity index (χ3n) is 6.59. The van der Waals surface area contributed by atoms with Gasteiger partial charge in [0.1, 0.15) is 5.75 Å². The summed E-state index contributed by atoms with van der Waals surface area (Å²) in [6.07, 6.45) is 2.83. The first-order valence-corrected chi connectivity index (χ1v) is 12.0. The zero-order valence-corrected chi connectivity index (χ0v) is 20.3. The SMILES string of the molecule is COc1ccc2cc(CC(C)(C)NC[C@@H](O)CO[C@@H](c3ccccc3C)C3CC3)ccc2c1. The molecule has 0 bridgehead atoms. The molecular formula is C29H37NO3. The van der Waals surface area contributed by atoms with E-state index >= 15 is 0 Å². The molecule has 4 rings (SSSR count). The Morgan fingerprint density at radius 2 is 1.76 bits per heavy atom. The Balaban J connectivity index is 1.30. The van der Waals surface area contributed by atoms with Crippen molar-refractivity contribution >= 4 is 10.8 Å². The summed E-state index contributed by atoms with van der Waals surface area (Å²) in [5.41, 5.74) is 3.64. The summed E-state index contributed by atoms with van der Waals surface area (Å²) in [6, 6.07) is 21.2. The van der Waals surface area contributed by atoms with Crippen LogP contribution in [0.2, 0.25) is 0 Å². The molecule has 0 spiro atoms. The summed E-state index contributed by atoms with van der Waals surface area (Å²) in [6.45, 7) is 7.34. The van der Waals surface area contributed by atoms with Crippen LogP contribution in [0.4, 0.5) is 0 Å². The Hall–Kier alpha value is -2.40. The highest BCUT2D eigenvalue weighted by Crippen LogP contribution is 2.44. The molecule has 0 saturated heterocycles. The summed E-state index contributed by atoms with van der Waals surface area (Å²) in [4.78, 5) is 0. The van der Waals surface area contributed by atoms with Crippen LogP contribution < -0.4 is 10.1 Å². The van der Waals surface area contributed by atoms with E-state index in [9.17, 15) is 5.11 Å². The van der Waals surface area contributed by atoms with Gasteiger partial charge in [-0.1, -0.05) is 48.5 Å². The predicted octanol–water partition coefficient (Wildman–Crippen LogP) is 5.60. The number of fused-ring (bicyclic) bond motifs is 1. The van der Waals surface area contributed by atoms with Crippen LogP contribution in [0.3, 0.4) is 0 Å². The molecule has 0 amide bonds. The van der Waals surface area contributed by atoms with Crippen LogP contribution in [-0.2, 0) is 11.2 Å². The van der Waals surface area contributed by atoms with Crippen LogP contribution in [0.25, 0.3) is 10.8 Å². The van der Waals surface area contributed by atoms with E-state index < -0.39 is 6.10 Å². The molecule has 3 aromatic carbocycles. The molecule has 33 heavy (non-hydrogen) atoms. The third kappa shape index (κ3) is 6.35. The van der Waals surface area contributed by atoms with Crippen molar-refractivity contribution in [3.05, 3.63) is 77.4 Å². The number of benzene rings is 3. The van der Waals surface area contributed by atoms with Crippen molar-refractivity contribution in [1.29, 1.82) is 0 Å². The van der Waals surface area contributed by atoms with Crippen molar-refractivity contribution < 1.29 is 14.6 Å². The Morgan fingerprint density at radius 1 is 1.03 bits per heavy atom. The van der Waals surface area contributed by atoms with E-state index in [4.69, 9.17) is 9.47 Å². The number of ether oxygens (including phenoxy) is 2. The molecule has 2 atom stereocenters. The van der Waals surface area contributed by atoms with E-state index in [0.29, 0.717) is 19.1 Å². The van der Waals surface area contributed by atoms with Crippen molar-refractivity contribution in [3.63, 3.8) is 0 Å². The molecule has 4 nitrogen and oxygen atoms in total. The number of aliphatic hydroxyl groups excluding tert-OH is 1. The minimum absolute atomic E-state index is 0.0880. The normalized spacial score (nSPS) is 16.0. The lowest BCUT2D eigenvalue weighted by Crippen LogP contribution is -2.46. The number of hydrogen-bond acceptors (Lipinski definition) is 4. The van der Waals surface area contributed by atoms with E-state index in [1.54, 1.807) is 7.11 Å². The monoisotopic (exact) mass is 447 g/mol. The Kier molecular flexibility index (Phi) is 7.38. The third-order valence-corrected chi connectivity index (χ3v) is 6.59. The first-order valence-electron chi connectivity index (χ1n) is 12.0. The average Bonchev–Trinajstić information content (AvgIpc) is 3.64. The number of β-amino-alcohol motifs (C(OH)–C–C–N with tert-alkyl or cyclic N) is 1. The molecule has 4 heteroatoms. The first kappa shape index (κ1) is 23.7. The van der Waals surface area contributed by atoms with E-state index in [2.05, 4.69) is 80.7 Å². The zero-order chi connectivity index (χ0) is 23.4. The number of aliphatic hydroxyl groups is 1. The van der Waals surface area contributed by atoms with Crippen LogP contribution >= 0.6 is 0 Å². The molecule has 2 N–H and O–H groups in total. The highest BCUT2D eigenvalue weighted by molar-refractivity contribution is 5.84. The molecule has 1 fully saturated rings. The standard InChI is InChI=1S/C29H37NO3/c1-20-7-5-6-8-27(20)28(22-11-12-22)33-19-25(31)18-30-29(2,3)17-21-9-10-24-16-26(32-4)14-13-23(24)15-21/h5-10,13-16,22,25,28,30-31H,11-12,17-19H2,1-4H3/t25-,28-/m1/s1. The molecular weight excluding hydrogens is 410 g/mol. The minimum atomic E-state index is -0.543. The topological polar surface area (TPSA) is 50.7 Å². The highest BCUT2D eigenvalue weighted by Gasteiger charge is 2.34. The summed E-state index contributed by atoms with van der Waals surface area (Å²) in [5.74, 6) is 1.45. The second kappa shape index (κ2) is 10.3. The van der Waals surface area contributed by atoms with Crippen LogP contribution in [0.5, 0.6) is 5.75 Å². The highest BCUT2D eigenvalue weighted by atomic mass is 16.5. The number of rotatable bonds is 11. The van der Waals surface area contributed by atoms with Gasteiger partial charge in [0.2, 0.25) is 0 Å². The van der Waals surface area contributed by atoms with Gasteiger partial charge < -0.3 is 19.9 Å². The van der Waals surface area contributed by atoms with Crippen molar-refractivity contribution in [3.8, 4) is 5.75 Å². The van der Waals surface area contributed by atoms with Gasteiger partial charge in [-0.3, -0.25) is 0 Å². The molecule has 1 saturated carbocycles. The first-order chi connectivity index (χ1) is 15.8. The van der Waals surface area contributed by atoms with Gasteiger partial charge in [-0.25, -0.2) is 0 Å². The van der Waals surface area contributed by atoms with Gasteiger partial charge in [-0.2, -0.15) is 0 Å². The van der Waals surface area contributed by atoms with Crippen molar-refractivity contribution in [1.82, 2.24) is 5.32 Å². The molecule has 1 aliphatic rings. The lowest BCUT2D eigenvalue weighted by atomic mass is 9.93. The number of hydrogen-bond donors (Lipinski definition) is 2. The lowest BCUT2D eigenvalue weighted by Gasteiger charge is -2.29. The van der Waals surface area contributed by atoms with Crippen LogP contribution in [0.1, 0.15) is 49.5 Å². The van der Waals surface area contributed by atoms with Crippen LogP contribution in [0, 0.1) is 12.8 Å². The lowest BCUT2D eigenvalue weighted by molar-refractivity contribution is -0.0213. The summed E-state index contributed by atoms with van der Waals surface area (Å²) < 4.78 is 11.6.